The van der Waals surface area contributed by atoms with Crippen molar-refractivity contribution in [2.24, 2.45) is 0 Å². The summed E-state index contributed by atoms with van der Waals surface area (Å²) in [7, 11) is 0. The van der Waals surface area contributed by atoms with Crippen molar-refractivity contribution in [2.45, 2.75) is 19.4 Å². The minimum atomic E-state index is -0.324. The Bertz CT molecular complexity index is 778. The lowest BCUT2D eigenvalue weighted by Crippen LogP contribution is -2.35. The highest BCUT2D eigenvalue weighted by molar-refractivity contribution is 7.12. The summed E-state index contributed by atoms with van der Waals surface area (Å²) in [5.41, 5.74) is 2.89. The number of fused-ring (bicyclic) bond motifs is 1. The van der Waals surface area contributed by atoms with Crippen molar-refractivity contribution in [2.75, 3.05) is 11.9 Å². The number of benzene rings is 1. The number of carbonyl (C=O) groups excluding carboxylic acids is 2. The Morgan fingerprint density at radius 2 is 2.17 bits per heavy atom. The van der Waals surface area contributed by atoms with Crippen LogP contribution in [-0.4, -0.2) is 23.3 Å². The largest absolute Gasteiger partial charge is 0.333 e. The Hall–Kier alpha value is -2.65. The average Bonchev–Trinajstić information content (AvgIpc) is 3.08. The predicted molar refractivity (Wildman–Crippen MR) is 88.1 cm³/mol. The molecular formula is C17H15N3O2S. The van der Waals surface area contributed by atoms with E-state index in [0.29, 0.717) is 18.8 Å². The molecule has 1 aliphatic rings. The van der Waals surface area contributed by atoms with Gasteiger partial charge in [0.2, 0.25) is 5.91 Å². The molecule has 0 aliphatic carbocycles. The molecule has 1 aromatic carbocycles. The van der Waals surface area contributed by atoms with Gasteiger partial charge in [-0.05, 0) is 41.1 Å². The van der Waals surface area contributed by atoms with Gasteiger partial charge in [-0.25, -0.2) is 0 Å². The maximum Gasteiger partial charge on any atom is 0.264 e. The van der Waals surface area contributed by atoms with Crippen LogP contribution in [0.2, 0.25) is 0 Å². The van der Waals surface area contributed by atoms with E-state index >= 15 is 0 Å². The molecule has 1 aliphatic heterocycles. The third-order valence-electron chi connectivity index (χ3n) is 3.76. The molecule has 0 atom stereocenters. The Labute approximate surface area is 138 Å². The molecule has 1 N–H and O–H groups in total. The Balaban J connectivity index is 1.75. The second kappa shape index (κ2) is 6.63. The van der Waals surface area contributed by atoms with Crippen LogP contribution in [0.25, 0.3) is 0 Å². The lowest BCUT2D eigenvalue weighted by molar-refractivity contribution is -0.115. The SMILES string of the molecule is N#CCC(=O)Nc1ccc2c(c1)CN(C(=O)c1cccs1)CC2. The summed E-state index contributed by atoms with van der Waals surface area (Å²) in [6, 6.07) is 11.2. The van der Waals surface area contributed by atoms with Crippen molar-refractivity contribution in [1.82, 2.24) is 4.90 Å². The highest BCUT2D eigenvalue weighted by atomic mass is 32.1. The number of carbonyl (C=O) groups is 2. The summed E-state index contributed by atoms with van der Waals surface area (Å²) in [6.45, 7) is 1.23. The number of hydrogen-bond acceptors (Lipinski definition) is 4. The lowest BCUT2D eigenvalue weighted by atomic mass is 9.99. The van der Waals surface area contributed by atoms with Crippen LogP contribution in [0.3, 0.4) is 0 Å². The number of rotatable bonds is 3. The van der Waals surface area contributed by atoms with Gasteiger partial charge in [-0.1, -0.05) is 12.1 Å². The van der Waals surface area contributed by atoms with Crippen LogP contribution in [0.4, 0.5) is 5.69 Å². The van der Waals surface area contributed by atoms with E-state index in [1.165, 1.54) is 16.9 Å². The maximum absolute atomic E-state index is 12.4. The molecule has 0 radical (unpaired) electrons. The third kappa shape index (κ3) is 3.41. The first-order chi connectivity index (χ1) is 11.2. The van der Waals surface area contributed by atoms with Gasteiger partial charge in [-0.15, -0.1) is 11.3 Å². The molecule has 6 heteroatoms. The van der Waals surface area contributed by atoms with E-state index < -0.39 is 0 Å². The molecule has 2 amide bonds. The van der Waals surface area contributed by atoms with Gasteiger partial charge in [-0.3, -0.25) is 9.59 Å². The van der Waals surface area contributed by atoms with Gasteiger partial charge in [0.05, 0.1) is 10.9 Å². The molecule has 3 rings (SSSR count). The van der Waals surface area contributed by atoms with Crippen LogP contribution in [0.1, 0.15) is 27.2 Å². The maximum atomic E-state index is 12.4. The fourth-order valence-corrected chi connectivity index (χ4v) is 3.33. The molecule has 0 spiro atoms. The highest BCUT2D eigenvalue weighted by Gasteiger charge is 2.22. The summed E-state index contributed by atoms with van der Waals surface area (Å²) in [4.78, 5) is 26.5. The minimum Gasteiger partial charge on any atom is -0.333 e. The van der Waals surface area contributed by atoms with E-state index in [1.54, 1.807) is 0 Å². The highest BCUT2D eigenvalue weighted by Crippen LogP contribution is 2.24. The molecule has 0 saturated heterocycles. The van der Waals surface area contributed by atoms with Crippen molar-refractivity contribution in [1.29, 1.82) is 5.26 Å². The van der Waals surface area contributed by atoms with Gasteiger partial charge in [0, 0.05) is 18.8 Å². The summed E-state index contributed by atoms with van der Waals surface area (Å²) in [5.74, 6) is -0.278. The lowest BCUT2D eigenvalue weighted by Gasteiger charge is -2.29. The molecule has 116 valence electrons. The fraction of sp³-hybridized carbons (Fsp3) is 0.235. The number of hydrogen-bond donors (Lipinski definition) is 1. The van der Waals surface area contributed by atoms with Crippen molar-refractivity contribution in [3.05, 3.63) is 51.7 Å². The van der Waals surface area contributed by atoms with Gasteiger partial charge in [0.1, 0.15) is 6.42 Å². The number of nitriles is 1. The smallest absolute Gasteiger partial charge is 0.264 e. The molecule has 5 nitrogen and oxygen atoms in total. The number of nitrogens with zero attached hydrogens (tertiary/aromatic N) is 2. The van der Waals surface area contributed by atoms with E-state index in [-0.39, 0.29) is 18.2 Å². The number of thiophene rings is 1. The predicted octanol–water partition coefficient (Wildman–Crippen LogP) is 2.80. The first kappa shape index (κ1) is 15.3. The van der Waals surface area contributed by atoms with E-state index in [0.717, 1.165) is 16.9 Å². The fourth-order valence-electron chi connectivity index (χ4n) is 2.64. The van der Waals surface area contributed by atoms with Gasteiger partial charge in [0.15, 0.2) is 0 Å². The van der Waals surface area contributed by atoms with E-state index in [9.17, 15) is 9.59 Å². The van der Waals surface area contributed by atoms with Crippen LogP contribution >= 0.6 is 11.3 Å². The summed E-state index contributed by atoms with van der Waals surface area (Å²) in [6.07, 6.45) is 0.638. The van der Waals surface area contributed by atoms with Crippen LogP contribution in [0, 0.1) is 11.3 Å². The molecule has 0 saturated carbocycles. The van der Waals surface area contributed by atoms with Gasteiger partial charge in [-0.2, -0.15) is 5.26 Å². The Kier molecular flexibility index (Phi) is 4.40. The topological polar surface area (TPSA) is 73.2 Å². The zero-order valence-corrected chi connectivity index (χ0v) is 13.2. The second-order valence-corrected chi connectivity index (χ2v) is 6.27. The quantitative estimate of drug-likeness (QED) is 0.943. The summed E-state index contributed by atoms with van der Waals surface area (Å²) >= 11 is 1.44. The zero-order valence-electron chi connectivity index (χ0n) is 12.4. The molecular weight excluding hydrogens is 310 g/mol. The van der Waals surface area contributed by atoms with Crippen LogP contribution in [0.15, 0.2) is 35.7 Å². The molecule has 0 unspecified atom stereocenters. The van der Waals surface area contributed by atoms with Crippen LogP contribution in [-0.2, 0) is 17.8 Å². The molecule has 2 heterocycles. The van der Waals surface area contributed by atoms with Crippen LogP contribution in [0.5, 0.6) is 0 Å². The monoisotopic (exact) mass is 325 g/mol. The molecule has 23 heavy (non-hydrogen) atoms. The van der Waals surface area contributed by atoms with Crippen molar-refractivity contribution in [3.8, 4) is 6.07 Å². The first-order valence-corrected chi connectivity index (χ1v) is 8.16. The number of nitrogens with one attached hydrogen (secondary N) is 1. The van der Waals surface area contributed by atoms with E-state index in [1.807, 2.05) is 46.7 Å². The molecule has 0 fully saturated rings. The number of anilines is 1. The molecule has 0 bridgehead atoms. The first-order valence-electron chi connectivity index (χ1n) is 7.29. The van der Waals surface area contributed by atoms with Crippen LogP contribution < -0.4 is 5.32 Å². The number of amides is 2. The second-order valence-electron chi connectivity index (χ2n) is 5.32. The van der Waals surface area contributed by atoms with Crippen molar-refractivity contribution in [3.63, 3.8) is 0 Å². The average molecular weight is 325 g/mol. The Morgan fingerprint density at radius 3 is 2.91 bits per heavy atom. The Morgan fingerprint density at radius 1 is 1.30 bits per heavy atom. The van der Waals surface area contributed by atoms with Gasteiger partial charge in [0.25, 0.3) is 5.91 Å². The summed E-state index contributed by atoms with van der Waals surface area (Å²) in [5, 5.41) is 13.1. The molecule has 2 aromatic rings. The van der Waals surface area contributed by atoms with Gasteiger partial charge < -0.3 is 10.2 Å². The van der Waals surface area contributed by atoms with Crippen molar-refractivity contribution < 1.29 is 9.59 Å². The summed E-state index contributed by atoms with van der Waals surface area (Å²) < 4.78 is 0. The van der Waals surface area contributed by atoms with E-state index in [4.69, 9.17) is 5.26 Å². The normalized spacial score (nSPS) is 13.1. The van der Waals surface area contributed by atoms with Crippen molar-refractivity contribution >= 4 is 28.8 Å². The molecule has 1 aromatic heterocycles. The van der Waals surface area contributed by atoms with E-state index in [2.05, 4.69) is 5.32 Å². The zero-order chi connectivity index (χ0) is 16.2. The minimum absolute atomic E-state index is 0.0459. The standard InChI is InChI=1S/C17H15N3O2S/c18-7-5-16(21)19-14-4-3-12-6-8-20(11-13(12)10-14)17(22)15-2-1-9-23-15/h1-4,9-10H,5-6,8,11H2,(H,19,21). The third-order valence-corrected chi connectivity index (χ3v) is 4.62. The van der Waals surface area contributed by atoms with Gasteiger partial charge >= 0.3 is 0 Å².